The van der Waals surface area contributed by atoms with Gasteiger partial charge in [-0.05, 0) is 36.8 Å². The van der Waals surface area contributed by atoms with Crippen LogP contribution in [-0.2, 0) is 11.5 Å². The molecule has 0 aliphatic carbocycles. The molecule has 0 fully saturated rings. The number of methoxy groups -OCH3 is 1. The molecule has 3 aromatic rings. The topological polar surface area (TPSA) is 41.9 Å². The third kappa shape index (κ3) is 3.63. The molecule has 0 radical (unpaired) electrons. The van der Waals surface area contributed by atoms with Crippen molar-refractivity contribution in [2.24, 2.45) is 4.36 Å². The van der Waals surface area contributed by atoms with Crippen LogP contribution in [0.1, 0.15) is 5.56 Å². The quantitative estimate of drug-likeness (QED) is 0.530. The Kier molecular flexibility index (Phi) is 5.79. The molecule has 4 nitrogen and oxygen atoms in total. The molecule has 0 unspecified atom stereocenters. The number of halogens is 3. The summed E-state index contributed by atoms with van der Waals surface area (Å²) in [6.45, 7) is 1.71. The molecular weight excluding hydrogens is 389 g/mol. The Hall–Kier alpha value is -3.13. The van der Waals surface area contributed by atoms with Gasteiger partial charge in [-0.15, -0.1) is 0 Å². The van der Waals surface area contributed by atoms with E-state index in [-0.39, 0.29) is 28.6 Å². The number of benzene rings is 3. The van der Waals surface area contributed by atoms with Crippen molar-refractivity contribution in [1.82, 2.24) is 0 Å². The molecule has 0 bridgehead atoms. The zero-order valence-corrected chi connectivity index (χ0v) is 15.8. The third-order valence-corrected chi connectivity index (χ3v) is 4.32. The van der Waals surface area contributed by atoms with Gasteiger partial charge in [0.25, 0.3) is 0 Å². The van der Waals surface area contributed by atoms with Crippen LogP contribution in [0, 0.1) is 24.4 Å². The smallest absolute Gasteiger partial charge is 0.205 e. The highest BCUT2D eigenvalue weighted by molar-refractivity contribution is 7.54. The molecule has 0 spiro atoms. The van der Waals surface area contributed by atoms with Gasteiger partial charge in [0.1, 0.15) is 17.2 Å². The number of hydrogen-bond acceptors (Lipinski definition) is 4. The van der Waals surface area contributed by atoms with Crippen molar-refractivity contribution in [2.45, 2.75) is 6.92 Å². The summed E-state index contributed by atoms with van der Waals surface area (Å²) < 4.78 is 63.9. The van der Waals surface area contributed by atoms with E-state index < -0.39 is 23.1 Å². The van der Waals surface area contributed by atoms with E-state index in [9.17, 15) is 17.4 Å². The fourth-order valence-electron chi connectivity index (χ4n) is 2.82. The van der Waals surface area contributed by atoms with Crippen LogP contribution in [0.25, 0.3) is 0 Å². The van der Waals surface area contributed by atoms with Crippen molar-refractivity contribution in [3.05, 3.63) is 77.6 Å². The van der Waals surface area contributed by atoms with Crippen LogP contribution >= 0.6 is 0 Å². The van der Waals surface area contributed by atoms with Crippen LogP contribution in [0.4, 0.5) is 35.9 Å². The molecule has 0 aliphatic rings. The van der Waals surface area contributed by atoms with Crippen LogP contribution < -0.4 is 9.64 Å². The van der Waals surface area contributed by atoms with Crippen molar-refractivity contribution in [1.29, 1.82) is 0 Å². The van der Waals surface area contributed by atoms with Gasteiger partial charge in [0.2, 0.25) is 11.5 Å². The highest BCUT2D eigenvalue weighted by atomic mass is 32.1. The Bertz CT molecular complexity index is 1070. The summed E-state index contributed by atoms with van der Waals surface area (Å²) in [4.78, 5) is 1.17. The van der Waals surface area contributed by atoms with Gasteiger partial charge in [0.05, 0.1) is 12.8 Å². The molecule has 8 heteroatoms. The summed E-state index contributed by atoms with van der Waals surface area (Å²) in [6, 6.07) is 13.4. The number of hydrogen-bond donors (Lipinski definition) is 0. The molecule has 0 aromatic heterocycles. The van der Waals surface area contributed by atoms with Gasteiger partial charge in [-0.2, -0.15) is 8.57 Å². The van der Waals surface area contributed by atoms with E-state index >= 15 is 0 Å². The number of ether oxygens (including phenoxy) is 1. The monoisotopic (exact) mass is 404 g/mol. The van der Waals surface area contributed by atoms with Gasteiger partial charge in [-0.25, -0.2) is 13.2 Å². The summed E-state index contributed by atoms with van der Waals surface area (Å²) >= 11 is -0.187. The van der Waals surface area contributed by atoms with Crippen molar-refractivity contribution < 1.29 is 22.1 Å². The first-order chi connectivity index (χ1) is 13.5. The lowest BCUT2D eigenvalue weighted by Crippen LogP contribution is -2.15. The predicted octanol–water partition coefficient (Wildman–Crippen LogP) is 5.92. The normalized spacial score (nSPS) is 10.5. The summed E-state index contributed by atoms with van der Waals surface area (Å²) in [5, 5.41) is 0. The Morgan fingerprint density at radius 1 is 1.00 bits per heavy atom. The van der Waals surface area contributed by atoms with E-state index in [4.69, 9.17) is 4.74 Å². The van der Waals surface area contributed by atoms with Crippen LogP contribution in [0.3, 0.4) is 0 Å². The number of nitrogens with zero attached hydrogens (tertiary/aromatic N) is 2. The number of para-hydroxylation sites is 1. The summed E-state index contributed by atoms with van der Waals surface area (Å²) in [7, 11) is 1.24. The molecule has 28 heavy (non-hydrogen) atoms. The molecule has 0 aliphatic heterocycles. The van der Waals surface area contributed by atoms with Crippen LogP contribution in [0.2, 0.25) is 0 Å². The molecule has 0 saturated carbocycles. The summed E-state index contributed by atoms with van der Waals surface area (Å²) in [5.74, 6) is -3.29. The van der Waals surface area contributed by atoms with E-state index in [1.807, 2.05) is 0 Å². The van der Waals surface area contributed by atoms with E-state index in [0.29, 0.717) is 11.3 Å². The van der Waals surface area contributed by atoms with E-state index in [0.717, 1.165) is 6.07 Å². The van der Waals surface area contributed by atoms with Crippen molar-refractivity contribution in [3.8, 4) is 5.75 Å². The van der Waals surface area contributed by atoms with Gasteiger partial charge in [-0.1, -0.05) is 24.3 Å². The Morgan fingerprint density at radius 2 is 1.71 bits per heavy atom. The lowest BCUT2D eigenvalue weighted by molar-refractivity contribution is 0.408. The number of aryl methyl sites for hydroxylation is 1. The highest BCUT2D eigenvalue weighted by Gasteiger charge is 2.28. The average molecular weight is 404 g/mol. The number of anilines is 3. The average Bonchev–Trinajstić information content (AvgIpc) is 2.69. The first kappa shape index (κ1) is 19.6. The van der Waals surface area contributed by atoms with E-state index in [1.54, 1.807) is 43.3 Å². The molecule has 3 aromatic carbocycles. The van der Waals surface area contributed by atoms with Gasteiger partial charge >= 0.3 is 0 Å². The molecule has 0 heterocycles. The maximum atomic E-state index is 15.0. The second kappa shape index (κ2) is 8.26. The lowest BCUT2D eigenvalue weighted by Gasteiger charge is -2.27. The zero-order valence-electron chi connectivity index (χ0n) is 14.9. The fourth-order valence-corrected chi connectivity index (χ4v) is 3.08. The van der Waals surface area contributed by atoms with Crippen molar-refractivity contribution >= 4 is 34.2 Å². The lowest BCUT2D eigenvalue weighted by atomic mass is 10.1. The molecule has 0 N–H and O–H groups in total. The van der Waals surface area contributed by atoms with Crippen LogP contribution in [0.5, 0.6) is 5.75 Å². The summed E-state index contributed by atoms with van der Waals surface area (Å²) in [5.41, 5.74) is 0.325. The van der Waals surface area contributed by atoms with Crippen LogP contribution in [0.15, 0.2) is 59.0 Å². The maximum Gasteiger partial charge on any atom is 0.205 e. The first-order valence-corrected chi connectivity index (χ1v) is 8.85. The largest absolute Gasteiger partial charge is 0.494 e. The standard InChI is InChI=1S/C20H15F3N2O2S/c1-12-8-9-16(14(21)10-12)25(13-6-4-3-5-7-13)20-18(23)15(22)11-17(27-2)19(20)24-28-26/h3-11H,1-2H3. The third-order valence-electron chi connectivity index (χ3n) is 4.06. The first-order valence-electron chi connectivity index (χ1n) is 8.15. The minimum absolute atomic E-state index is 0.0318. The molecule has 0 atom stereocenters. The fraction of sp³-hybridized carbons (Fsp3) is 0.100. The Morgan fingerprint density at radius 3 is 2.32 bits per heavy atom. The molecule has 0 saturated heterocycles. The van der Waals surface area contributed by atoms with Crippen LogP contribution in [-0.4, -0.2) is 11.3 Å². The summed E-state index contributed by atoms with van der Waals surface area (Å²) in [6.07, 6.45) is 0. The van der Waals surface area contributed by atoms with Gasteiger partial charge in [-0.3, -0.25) is 0 Å². The van der Waals surface area contributed by atoms with Gasteiger partial charge < -0.3 is 9.64 Å². The SMILES string of the molecule is COc1cc(F)c(F)c(N(c2ccccc2)c2ccc(C)cc2F)c1N=S=O. The highest BCUT2D eigenvalue weighted by Crippen LogP contribution is 2.47. The van der Waals surface area contributed by atoms with Gasteiger partial charge in [0.15, 0.2) is 17.4 Å². The minimum atomic E-state index is -1.28. The Labute approximate surface area is 163 Å². The predicted molar refractivity (Wildman–Crippen MR) is 103 cm³/mol. The van der Waals surface area contributed by atoms with Gasteiger partial charge in [0, 0.05) is 11.8 Å². The molecule has 3 rings (SSSR count). The molecule has 144 valence electrons. The zero-order chi connectivity index (χ0) is 20.3. The van der Waals surface area contributed by atoms with Crippen molar-refractivity contribution in [2.75, 3.05) is 12.0 Å². The van der Waals surface area contributed by atoms with Crippen molar-refractivity contribution in [3.63, 3.8) is 0 Å². The van der Waals surface area contributed by atoms with E-state index in [2.05, 4.69) is 4.36 Å². The Balaban J connectivity index is 2.43. The maximum absolute atomic E-state index is 15.0. The number of rotatable bonds is 5. The molecular formula is C20H15F3N2O2S. The minimum Gasteiger partial charge on any atom is -0.494 e. The second-order valence-corrected chi connectivity index (χ2v) is 6.20. The molecule has 0 amide bonds. The van der Waals surface area contributed by atoms with E-state index in [1.165, 1.54) is 24.1 Å². The second-order valence-electron chi connectivity index (χ2n) is 5.86.